The number of hydrogen-bond donors (Lipinski definition) is 1. The highest BCUT2D eigenvalue weighted by atomic mass is 127. The van der Waals surface area contributed by atoms with Crippen molar-refractivity contribution in [2.24, 2.45) is 0 Å². The first-order valence-corrected chi connectivity index (χ1v) is 7.30. The number of anilines is 1. The predicted octanol–water partition coefficient (Wildman–Crippen LogP) is 5.23. The molecule has 0 bridgehead atoms. The molecule has 1 N–H and O–H groups in total. The molecule has 17 heavy (non-hydrogen) atoms. The van der Waals surface area contributed by atoms with Crippen LogP contribution >= 0.6 is 38.5 Å². The number of nitrogens with one attached hydrogen (secondary N) is 1. The lowest BCUT2D eigenvalue weighted by molar-refractivity contribution is 0.883. The summed E-state index contributed by atoms with van der Waals surface area (Å²) >= 11 is 5.82. The summed E-state index contributed by atoms with van der Waals surface area (Å²) in [6, 6.07) is 17.1. The number of rotatable bonds is 3. The van der Waals surface area contributed by atoms with Crippen LogP contribution in [0.4, 0.5) is 5.69 Å². The van der Waals surface area contributed by atoms with Crippen molar-refractivity contribution in [2.75, 3.05) is 5.32 Å². The molecule has 0 fully saturated rings. The van der Waals surface area contributed by atoms with E-state index in [9.17, 15) is 0 Å². The Bertz CT molecular complexity index is 513. The highest BCUT2D eigenvalue weighted by Crippen LogP contribution is 2.22. The third-order valence-electron chi connectivity index (χ3n) is 2.56. The molecule has 3 heteroatoms. The zero-order chi connectivity index (χ0) is 12.3. The Labute approximate surface area is 124 Å². The number of hydrogen-bond acceptors (Lipinski definition) is 1. The van der Waals surface area contributed by atoms with Gasteiger partial charge in [0.1, 0.15) is 0 Å². The molecule has 0 aromatic heterocycles. The first kappa shape index (κ1) is 12.9. The Morgan fingerprint density at radius 3 is 2.59 bits per heavy atom. The SMILES string of the molecule is CC(Nc1cccc(I)c1)c1cccc(Br)c1. The summed E-state index contributed by atoms with van der Waals surface area (Å²) in [5.41, 5.74) is 2.43. The summed E-state index contributed by atoms with van der Waals surface area (Å²) in [7, 11) is 0. The summed E-state index contributed by atoms with van der Waals surface area (Å²) in [4.78, 5) is 0. The van der Waals surface area contributed by atoms with E-state index < -0.39 is 0 Å². The molecule has 0 spiro atoms. The standard InChI is InChI=1S/C14H13BrIN/c1-10(11-4-2-5-12(15)8-11)17-14-7-3-6-13(16)9-14/h2-10,17H,1H3. The van der Waals surface area contributed by atoms with Crippen molar-refractivity contribution in [3.63, 3.8) is 0 Å². The second kappa shape index (κ2) is 5.87. The molecule has 1 atom stereocenters. The smallest absolute Gasteiger partial charge is 0.0486 e. The Balaban J connectivity index is 2.14. The maximum Gasteiger partial charge on any atom is 0.0486 e. The van der Waals surface area contributed by atoms with Crippen LogP contribution in [0, 0.1) is 3.57 Å². The fourth-order valence-corrected chi connectivity index (χ4v) is 2.65. The zero-order valence-electron chi connectivity index (χ0n) is 9.45. The average molecular weight is 402 g/mol. The summed E-state index contributed by atoms with van der Waals surface area (Å²) in [5, 5.41) is 3.50. The first-order valence-electron chi connectivity index (χ1n) is 5.43. The Kier molecular flexibility index (Phi) is 4.45. The summed E-state index contributed by atoms with van der Waals surface area (Å²) in [6.45, 7) is 2.17. The van der Waals surface area contributed by atoms with Gasteiger partial charge >= 0.3 is 0 Å². The Hall–Kier alpha value is -0.550. The van der Waals surface area contributed by atoms with Crippen molar-refractivity contribution in [3.05, 3.63) is 62.1 Å². The van der Waals surface area contributed by atoms with E-state index in [0.717, 1.165) is 10.2 Å². The van der Waals surface area contributed by atoms with E-state index in [-0.39, 0.29) is 0 Å². The molecule has 2 aromatic carbocycles. The second-order valence-corrected chi connectivity index (χ2v) is 6.09. The molecule has 1 nitrogen and oxygen atoms in total. The fourth-order valence-electron chi connectivity index (χ4n) is 1.69. The molecule has 0 saturated heterocycles. The van der Waals surface area contributed by atoms with Crippen LogP contribution in [0.25, 0.3) is 0 Å². The van der Waals surface area contributed by atoms with Gasteiger partial charge in [0.2, 0.25) is 0 Å². The van der Waals surface area contributed by atoms with Crippen molar-refractivity contribution < 1.29 is 0 Å². The quantitative estimate of drug-likeness (QED) is 0.694. The Morgan fingerprint density at radius 1 is 1.12 bits per heavy atom. The van der Waals surface area contributed by atoms with E-state index in [1.165, 1.54) is 9.13 Å². The maximum atomic E-state index is 3.50. The van der Waals surface area contributed by atoms with Gasteiger partial charge in [-0.2, -0.15) is 0 Å². The van der Waals surface area contributed by atoms with Crippen LogP contribution in [-0.2, 0) is 0 Å². The molecule has 0 saturated carbocycles. The van der Waals surface area contributed by atoms with Gasteiger partial charge in [-0.1, -0.05) is 34.1 Å². The maximum absolute atomic E-state index is 3.50. The van der Waals surface area contributed by atoms with Gasteiger partial charge in [-0.3, -0.25) is 0 Å². The highest BCUT2D eigenvalue weighted by Gasteiger charge is 2.05. The van der Waals surface area contributed by atoms with Crippen molar-refractivity contribution in [1.29, 1.82) is 0 Å². The lowest BCUT2D eigenvalue weighted by Gasteiger charge is -2.16. The molecule has 0 heterocycles. The molecular weight excluding hydrogens is 389 g/mol. The van der Waals surface area contributed by atoms with E-state index in [2.05, 4.69) is 93.2 Å². The molecule has 2 rings (SSSR count). The van der Waals surface area contributed by atoms with Gasteiger partial charge in [-0.05, 0) is 65.4 Å². The third-order valence-corrected chi connectivity index (χ3v) is 3.72. The normalized spacial score (nSPS) is 12.2. The summed E-state index contributed by atoms with van der Waals surface area (Å²) < 4.78 is 2.36. The topological polar surface area (TPSA) is 12.0 Å². The van der Waals surface area contributed by atoms with Crippen LogP contribution in [0.5, 0.6) is 0 Å². The van der Waals surface area contributed by atoms with Crippen molar-refractivity contribution in [2.45, 2.75) is 13.0 Å². The molecule has 0 radical (unpaired) electrons. The van der Waals surface area contributed by atoms with E-state index in [0.29, 0.717) is 6.04 Å². The van der Waals surface area contributed by atoms with Crippen LogP contribution < -0.4 is 5.32 Å². The highest BCUT2D eigenvalue weighted by molar-refractivity contribution is 14.1. The van der Waals surface area contributed by atoms with E-state index >= 15 is 0 Å². The van der Waals surface area contributed by atoms with Gasteiger partial charge in [0.15, 0.2) is 0 Å². The van der Waals surface area contributed by atoms with Gasteiger partial charge in [-0.25, -0.2) is 0 Å². The second-order valence-electron chi connectivity index (χ2n) is 3.93. The molecular formula is C14H13BrIN. The van der Waals surface area contributed by atoms with Gasteiger partial charge in [0, 0.05) is 19.8 Å². The molecule has 88 valence electrons. The fraction of sp³-hybridized carbons (Fsp3) is 0.143. The van der Waals surface area contributed by atoms with Crippen LogP contribution in [0.1, 0.15) is 18.5 Å². The molecule has 2 aromatic rings. The largest absolute Gasteiger partial charge is 0.378 e. The minimum Gasteiger partial charge on any atom is -0.378 e. The molecule has 1 unspecified atom stereocenters. The molecule has 0 aliphatic rings. The lowest BCUT2D eigenvalue weighted by atomic mass is 10.1. The van der Waals surface area contributed by atoms with Gasteiger partial charge in [-0.15, -0.1) is 0 Å². The minimum absolute atomic E-state index is 0.297. The molecule has 0 aliphatic carbocycles. The average Bonchev–Trinajstić information content (AvgIpc) is 2.29. The van der Waals surface area contributed by atoms with Gasteiger partial charge in [0.05, 0.1) is 0 Å². The van der Waals surface area contributed by atoms with Crippen molar-refractivity contribution in [3.8, 4) is 0 Å². The van der Waals surface area contributed by atoms with Crippen molar-refractivity contribution in [1.82, 2.24) is 0 Å². The first-order chi connectivity index (χ1) is 8.15. The van der Waals surface area contributed by atoms with Crippen LogP contribution in [0.2, 0.25) is 0 Å². The van der Waals surface area contributed by atoms with Gasteiger partial charge in [0.25, 0.3) is 0 Å². The van der Waals surface area contributed by atoms with Crippen LogP contribution in [-0.4, -0.2) is 0 Å². The molecule has 0 aliphatic heterocycles. The summed E-state index contributed by atoms with van der Waals surface area (Å²) in [5.74, 6) is 0. The molecule has 0 amide bonds. The lowest BCUT2D eigenvalue weighted by Crippen LogP contribution is -2.06. The van der Waals surface area contributed by atoms with Crippen molar-refractivity contribution >= 4 is 44.2 Å². The van der Waals surface area contributed by atoms with E-state index in [1.807, 2.05) is 6.07 Å². The predicted molar refractivity (Wildman–Crippen MR) is 85.3 cm³/mol. The third kappa shape index (κ3) is 3.71. The number of benzene rings is 2. The summed E-state index contributed by atoms with van der Waals surface area (Å²) in [6.07, 6.45) is 0. The van der Waals surface area contributed by atoms with Gasteiger partial charge < -0.3 is 5.32 Å². The Morgan fingerprint density at radius 2 is 1.88 bits per heavy atom. The van der Waals surface area contributed by atoms with Crippen LogP contribution in [0.15, 0.2) is 53.0 Å². The monoisotopic (exact) mass is 401 g/mol. The zero-order valence-corrected chi connectivity index (χ0v) is 13.2. The number of halogens is 2. The van der Waals surface area contributed by atoms with E-state index in [1.54, 1.807) is 0 Å². The van der Waals surface area contributed by atoms with Crippen LogP contribution in [0.3, 0.4) is 0 Å². The van der Waals surface area contributed by atoms with E-state index in [4.69, 9.17) is 0 Å². The minimum atomic E-state index is 0.297.